The molecule has 2 heterocycles. The Bertz CT molecular complexity index is 3250. The molecular weight excluding hydrogens is 738 g/mol. The average Bonchev–Trinajstić information content (AvgIpc) is 3.54. The van der Waals surface area contributed by atoms with Crippen molar-refractivity contribution in [2.45, 2.75) is 0 Å². The van der Waals surface area contributed by atoms with Crippen LogP contribution in [0.3, 0.4) is 0 Å². The minimum absolute atomic E-state index is 0.613. The fraction of sp³-hybridized carbons (Fsp3) is 0.0185. The molecule has 0 saturated heterocycles. The zero-order chi connectivity index (χ0) is 39.5. The summed E-state index contributed by atoms with van der Waals surface area (Å²) in [6.45, 7) is 1.91. The minimum Gasteiger partial charge on any atom is -0.314 e. The van der Waals surface area contributed by atoms with Gasteiger partial charge in [-0.25, -0.2) is 15.0 Å². The summed E-state index contributed by atoms with van der Waals surface area (Å²) in [5, 5.41) is 6.50. The second-order valence-electron chi connectivity index (χ2n) is 15.2. The molecule has 0 amide bonds. The van der Waals surface area contributed by atoms with Crippen LogP contribution >= 0.6 is 7.14 Å². The van der Waals surface area contributed by atoms with E-state index < -0.39 is 7.14 Å². The van der Waals surface area contributed by atoms with Crippen LogP contribution in [0.15, 0.2) is 200 Å². The standard InChI is InChI=1S/C54H36N3OP/c1-59(58)47-28-13-12-26-45(47)51-46(27-15-29-48(51)59)50-43-24-10-8-22-41(43)49(42-23-9-11-25-44(42)50)36-30-32-38(33-31-36)53-55-52(37-18-6-3-7-19-37)56-54(57-53)40-21-14-20-39(34-40)35-16-4-2-5-17-35/h2-34H,1H3. The SMILES string of the molecule is CP1(=O)c2ccccc2-c2c(-c3c4ccccc4c(-c4ccc(-c5nc(-c6ccccc6)nc(-c6cccc(-c7ccccc7)c6)n5)cc4)c4ccccc34)cccc21. The highest BCUT2D eigenvalue weighted by atomic mass is 31.2. The third-order valence-corrected chi connectivity index (χ3v) is 14.3. The molecular formula is C54H36N3OP. The van der Waals surface area contributed by atoms with E-state index in [1.807, 2.05) is 55.2 Å². The molecule has 1 aliphatic rings. The molecule has 1 aliphatic heterocycles. The Morgan fingerprint density at radius 2 is 0.746 bits per heavy atom. The largest absolute Gasteiger partial charge is 0.314 e. The first kappa shape index (κ1) is 34.9. The van der Waals surface area contributed by atoms with Gasteiger partial charge < -0.3 is 4.57 Å². The minimum atomic E-state index is -2.75. The van der Waals surface area contributed by atoms with E-state index in [4.69, 9.17) is 15.0 Å². The van der Waals surface area contributed by atoms with Crippen molar-refractivity contribution in [3.8, 4) is 78.7 Å². The maximum absolute atomic E-state index is 14.4. The molecule has 4 nitrogen and oxygen atoms in total. The van der Waals surface area contributed by atoms with Gasteiger partial charge in [0.1, 0.15) is 7.14 Å². The molecule has 0 spiro atoms. The van der Waals surface area contributed by atoms with Gasteiger partial charge in [0.25, 0.3) is 0 Å². The lowest BCUT2D eigenvalue weighted by atomic mass is 9.84. The van der Waals surface area contributed by atoms with Gasteiger partial charge in [0, 0.05) is 32.9 Å². The van der Waals surface area contributed by atoms with E-state index >= 15 is 0 Å². The van der Waals surface area contributed by atoms with E-state index in [1.54, 1.807) is 0 Å². The van der Waals surface area contributed by atoms with Gasteiger partial charge in [0.2, 0.25) is 0 Å². The molecule has 0 bridgehead atoms. The topological polar surface area (TPSA) is 55.7 Å². The summed E-state index contributed by atoms with van der Waals surface area (Å²) in [6.07, 6.45) is 0. The Morgan fingerprint density at radius 3 is 1.39 bits per heavy atom. The van der Waals surface area contributed by atoms with Crippen LogP contribution < -0.4 is 10.6 Å². The molecule has 59 heavy (non-hydrogen) atoms. The Labute approximate surface area is 343 Å². The van der Waals surface area contributed by atoms with Crippen LogP contribution in [0.4, 0.5) is 0 Å². The lowest BCUT2D eigenvalue weighted by Crippen LogP contribution is -2.08. The molecule has 10 aromatic rings. The van der Waals surface area contributed by atoms with Gasteiger partial charge in [-0.2, -0.15) is 0 Å². The van der Waals surface area contributed by atoms with Crippen molar-refractivity contribution in [1.29, 1.82) is 0 Å². The zero-order valence-corrected chi connectivity index (χ0v) is 33.1. The summed E-state index contributed by atoms with van der Waals surface area (Å²) in [4.78, 5) is 15.1. The van der Waals surface area contributed by atoms with E-state index in [0.717, 1.165) is 87.8 Å². The molecule has 5 heteroatoms. The number of hydrogen-bond acceptors (Lipinski definition) is 4. The van der Waals surface area contributed by atoms with Crippen LogP contribution in [0, 0.1) is 0 Å². The van der Waals surface area contributed by atoms with Crippen molar-refractivity contribution in [1.82, 2.24) is 15.0 Å². The van der Waals surface area contributed by atoms with Crippen LogP contribution in [-0.2, 0) is 4.57 Å². The number of fused-ring (bicyclic) bond motifs is 5. The Balaban J connectivity index is 1.07. The smallest absolute Gasteiger partial charge is 0.164 e. The van der Waals surface area contributed by atoms with Crippen LogP contribution in [0.2, 0.25) is 0 Å². The second kappa shape index (κ2) is 14.0. The first-order valence-electron chi connectivity index (χ1n) is 19.9. The van der Waals surface area contributed by atoms with Gasteiger partial charge in [-0.05, 0) is 73.2 Å². The lowest BCUT2D eigenvalue weighted by Gasteiger charge is -2.20. The van der Waals surface area contributed by atoms with Crippen molar-refractivity contribution in [3.63, 3.8) is 0 Å². The number of aromatic nitrogens is 3. The molecule has 1 aromatic heterocycles. The van der Waals surface area contributed by atoms with E-state index in [1.165, 1.54) is 5.56 Å². The summed E-state index contributed by atoms with van der Waals surface area (Å²) in [7, 11) is -2.75. The third kappa shape index (κ3) is 5.83. The van der Waals surface area contributed by atoms with E-state index in [0.29, 0.717) is 17.5 Å². The van der Waals surface area contributed by atoms with Crippen LogP contribution in [0.5, 0.6) is 0 Å². The third-order valence-electron chi connectivity index (χ3n) is 11.7. The first-order valence-corrected chi connectivity index (χ1v) is 22.0. The van der Waals surface area contributed by atoms with E-state index in [-0.39, 0.29) is 0 Å². The number of hydrogen-bond donors (Lipinski definition) is 0. The first-order chi connectivity index (χ1) is 29.0. The van der Waals surface area contributed by atoms with Crippen molar-refractivity contribution in [2.75, 3.05) is 6.66 Å². The quantitative estimate of drug-likeness (QED) is 0.125. The van der Waals surface area contributed by atoms with Crippen molar-refractivity contribution < 1.29 is 4.57 Å². The summed E-state index contributed by atoms with van der Waals surface area (Å²) < 4.78 is 14.4. The molecule has 0 saturated carbocycles. The number of nitrogens with zero attached hydrogens (tertiary/aromatic N) is 3. The Hall–Kier alpha value is -7.26. The molecule has 0 radical (unpaired) electrons. The fourth-order valence-electron chi connectivity index (χ4n) is 8.91. The molecule has 9 aromatic carbocycles. The molecule has 0 N–H and O–H groups in total. The van der Waals surface area contributed by atoms with Crippen molar-refractivity contribution in [2.24, 2.45) is 0 Å². The predicted octanol–water partition coefficient (Wildman–Crippen LogP) is 13.1. The highest BCUT2D eigenvalue weighted by Crippen LogP contribution is 2.54. The summed E-state index contributed by atoms with van der Waals surface area (Å²) in [5.74, 6) is 1.86. The molecule has 1 unspecified atom stereocenters. The predicted molar refractivity (Wildman–Crippen MR) is 246 cm³/mol. The van der Waals surface area contributed by atoms with Crippen molar-refractivity contribution in [3.05, 3.63) is 200 Å². The molecule has 11 rings (SSSR count). The highest BCUT2D eigenvalue weighted by Gasteiger charge is 2.36. The molecule has 278 valence electrons. The van der Waals surface area contributed by atoms with Gasteiger partial charge in [-0.3, -0.25) is 0 Å². The van der Waals surface area contributed by atoms with Gasteiger partial charge >= 0.3 is 0 Å². The lowest BCUT2D eigenvalue weighted by molar-refractivity contribution is 0.591. The monoisotopic (exact) mass is 773 g/mol. The van der Waals surface area contributed by atoms with E-state index in [2.05, 4.69) is 152 Å². The molecule has 0 fully saturated rings. The van der Waals surface area contributed by atoms with Crippen LogP contribution in [0.25, 0.3) is 100 Å². The molecule has 0 aliphatic carbocycles. The zero-order valence-electron chi connectivity index (χ0n) is 32.2. The van der Waals surface area contributed by atoms with E-state index in [9.17, 15) is 4.57 Å². The van der Waals surface area contributed by atoms with Gasteiger partial charge in [0.15, 0.2) is 17.5 Å². The maximum Gasteiger partial charge on any atom is 0.164 e. The van der Waals surface area contributed by atoms with Crippen LogP contribution in [-0.4, -0.2) is 21.6 Å². The highest BCUT2D eigenvalue weighted by molar-refractivity contribution is 7.79. The average molecular weight is 774 g/mol. The molecule has 1 atom stereocenters. The van der Waals surface area contributed by atoms with Gasteiger partial charge in [-0.15, -0.1) is 0 Å². The van der Waals surface area contributed by atoms with Crippen molar-refractivity contribution >= 4 is 39.3 Å². The normalized spacial score (nSPS) is 14.3. The maximum atomic E-state index is 14.4. The fourth-order valence-corrected chi connectivity index (χ4v) is 11.2. The van der Waals surface area contributed by atoms with Crippen LogP contribution in [0.1, 0.15) is 0 Å². The summed E-state index contributed by atoms with van der Waals surface area (Å²) in [5.41, 5.74) is 11.7. The Morgan fingerprint density at radius 1 is 0.322 bits per heavy atom. The number of rotatable bonds is 6. The second-order valence-corrected chi connectivity index (χ2v) is 18.0. The van der Waals surface area contributed by atoms with Gasteiger partial charge in [0.05, 0.1) is 0 Å². The Kier molecular flexibility index (Phi) is 8.28. The van der Waals surface area contributed by atoms with Gasteiger partial charge in [-0.1, -0.05) is 194 Å². The summed E-state index contributed by atoms with van der Waals surface area (Å²) in [6, 6.07) is 69.4. The number of benzene rings is 9. The summed E-state index contributed by atoms with van der Waals surface area (Å²) >= 11 is 0.